The van der Waals surface area contributed by atoms with Crippen LogP contribution in [0.5, 0.6) is 5.75 Å². The van der Waals surface area contributed by atoms with E-state index in [1.54, 1.807) is 17.0 Å². The van der Waals surface area contributed by atoms with Gasteiger partial charge < -0.3 is 18.9 Å². The van der Waals surface area contributed by atoms with Gasteiger partial charge in [-0.05, 0) is 29.8 Å². The van der Waals surface area contributed by atoms with Crippen molar-refractivity contribution in [3.63, 3.8) is 0 Å². The molecule has 0 N–H and O–H groups in total. The molecule has 0 bridgehead atoms. The smallest absolute Gasteiger partial charge is 0.262 e. The highest BCUT2D eigenvalue weighted by Crippen LogP contribution is 2.33. The average Bonchev–Trinajstić information content (AvgIpc) is 3.53. The Morgan fingerprint density at radius 3 is 2.54 bits per heavy atom. The first-order valence-corrected chi connectivity index (χ1v) is 12.2. The number of amides is 2. The van der Waals surface area contributed by atoms with E-state index < -0.39 is 0 Å². The van der Waals surface area contributed by atoms with Crippen LogP contribution in [-0.2, 0) is 21.4 Å². The normalized spacial score (nSPS) is 18.4. The molecule has 2 aromatic rings. The van der Waals surface area contributed by atoms with Crippen LogP contribution in [-0.4, -0.2) is 89.9 Å². The van der Waals surface area contributed by atoms with Crippen LogP contribution >= 0.6 is 0 Å². The Bertz CT molecular complexity index is 1040. The fourth-order valence-corrected chi connectivity index (χ4v) is 4.58. The van der Waals surface area contributed by atoms with E-state index in [1.165, 1.54) is 0 Å². The molecule has 1 aromatic carbocycles. The van der Waals surface area contributed by atoms with Crippen molar-refractivity contribution in [1.82, 2.24) is 19.4 Å². The number of hydrazone groups is 1. The zero-order chi connectivity index (χ0) is 24.8. The lowest BCUT2D eigenvalue weighted by molar-refractivity contribution is -0.141. The van der Waals surface area contributed by atoms with Crippen molar-refractivity contribution in [2.75, 3.05) is 53.0 Å². The summed E-state index contributed by atoms with van der Waals surface area (Å²) >= 11 is 0. The van der Waals surface area contributed by atoms with Gasteiger partial charge in [-0.25, -0.2) is 5.01 Å². The Morgan fingerprint density at radius 1 is 1.17 bits per heavy atom. The Labute approximate surface area is 206 Å². The first kappa shape index (κ1) is 24.9. The molecule has 9 heteroatoms. The molecule has 1 saturated heterocycles. The van der Waals surface area contributed by atoms with Gasteiger partial charge in [-0.15, -0.1) is 0 Å². The number of morpholine rings is 1. The van der Waals surface area contributed by atoms with Gasteiger partial charge in [0.15, 0.2) is 0 Å². The summed E-state index contributed by atoms with van der Waals surface area (Å²) in [5.41, 5.74) is 2.81. The Kier molecular flexibility index (Phi) is 8.20. The molecular formula is C26H35N5O4. The molecule has 188 valence electrons. The van der Waals surface area contributed by atoms with Gasteiger partial charge in [0, 0.05) is 52.3 Å². The predicted molar refractivity (Wildman–Crippen MR) is 133 cm³/mol. The van der Waals surface area contributed by atoms with E-state index in [-0.39, 0.29) is 24.4 Å². The number of benzene rings is 1. The molecule has 2 aliphatic rings. The lowest BCUT2D eigenvalue weighted by Gasteiger charge is -2.31. The van der Waals surface area contributed by atoms with Crippen LogP contribution in [0.4, 0.5) is 0 Å². The maximum atomic E-state index is 13.6. The lowest BCUT2D eigenvalue weighted by Crippen LogP contribution is -2.46. The number of methoxy groups -OCH3 is 1. The minimum Gasteiger partial charge on any atom is -0.497 e. The standard InChI is InChI=1S/C26H35N5O4/c1-4-25(32)30(13-12-29-14-16-35-17-15-29)19-26(33)31-24(20-7-9-21(34-3)10-8-20)18-22(27-31)23-6-5-11-28(23)2/h5-11,24H,4,12-19H2,1-3H3/t24-/m1/s1. The third kappa shape index (κ3) is 5.91. The Hall–Kier alpha value is -3.17. The molecule has 0 radical (unpaired) electrons. The Balaban J connectivity index is 1.53. The number of carbonyl (C=O) groups is 2. The summed E-state index contributed by atoms with van der Waals surface area (Å²) in [7, 11) is 3.60. The highest BCUT2D eigenvalue weighted by molar-refractivity contribution is 6.02. The highest BCUT2D eigenvalue weighted by Gasteiger charge is 2.35. The number of nitrogens with zero attached hydrogens (tertiary/aromatic N) is 5. The summed E-state index contributed by atoms with van der Waals surface area (Å²) in [6.45, 7) is 6.17. The van der Waals surface area contributed by atoms with Crippen molar-refractivity contribution in [2.24, 2.45) is 12.1 Å². The molecule has 1 atom stereocenters. The summed E-state index contributed by atoms with van der Waals surface area (Å²) < 4.78 is 12.7. The van der Waals surface area contributed by atoms with E-state index in [4.69, 9.17) is 14.6 Å². The third-order valence-corrected chi connectivity index (χ3v) is 6.68. The fraction of sp³-hybridized carbons (Fsp3) is 0.500. The number of hydrogen-bond donors (Lipinski definition) is 0. The number of aryl methyl sites for hydroxylation is 1. The summed E-state index contributed by atoms with van der Waals surface area (Å²) in [5.74, 6) is 0.549. The predicted octanol–water partition coefficient (Wildman–Crippen LogP) is 2.28. The third-order valence-electron chi connectivity index (χ3n) is 6.68. The van der Waals surface area contributed by atoms with Crippen molar-refractivity contribution >= 4 is 17.5 Å². The van der Waals surface area contributed by atoms with E-state index in [0.29, 0.717) is 32.6 Å². The molecular weight excluding hydrogens is 446 g/mol. The van der Waals surface area contributed by atoms with Crippen LogP contribution in [0.1, 0.15) is 37.1 Å². The van der Waals surface area contributed by atoms with Crippen LogP contribution in [0.2, 0.25) is 0 Å². The first-order chi connectivity index (χ1) is 17.0. The molecule has 2 amide bonds. The van der Waals surface area contributed by atoms with Crippen molar-refractivity contribution in [1.29, 1.82) is 0 Å². The van der Waals surface area contributed by atoms with Gasteiger partial charge in [0.05, 0.1) is 37.8 Å². The molecule has 0 unspecified atom stereocenters. The van der Waals surface area contributed by atoms with E-state index in [2.05, 4.69) is 4.90 Å². The minimum absolute atomic E-state index is 0.00752. The van der Waals surface area contributed by atoms with Gasteiger partial charge in [0.25, 0.3) is 5.91 Å². The molecule has 2 aliphatic heterocycles. The first-order valence-electron chi connectivity index (χ1n) is 12.2. The SMILES string of the molecule is CCC(=O)N(CCN1CCOCC1)CC(=O)N1N=C(c2cccn2C)C[C@@H]1c1ccc(OC)cc1. The highest BCUT2D eigenvalue weighted by atomic mass is 16.5. The maximum absolute atomic E-state index is 13.6. The van der Waals surface area contributed by atoms with Gasteiger partial charge in [-0.2, -0.15) is 5.10 Å². The molecule has 35 heavy (non-hydrogen) atoms. The van der Waals surface area contributed by atoms with Gasteiger partial charge >= 0.3 is 0 Å². The fourth-order valence-electron chi connectivity index (χ4n) is 4.58. The number of rotatable bonds is 9. The zero-order valence-electron chi connectivity index (χ0n) is 20.9. The largest absolute Gasteiger partial charge is 0.497 e. The van der Waals surface area contributed by atoms with Gasteiger partial charge in [-0.3, -0.25) is 14.5 Å². The summed E-state index contributed by atoms with van der Waals surface area (Å²) in [6, 6.07) is 11.5. The number of carbonyl (C=O) groups excluding carboxylic acids is 2. The van der Waals surface area contributed by atoms with Crippen LogP contribution in [0.15, 0.2) is 47.7 Å². The van der Waals surface area contributed by atoms with E-state index in [0.717, 1.165) is 42.4 Å². The molecule has 0 saturated carbocycles. The minimum atomic E-state index is -0.240. The molecule has 0 aliphatic carbocycles. The molecule has 0 spiro atoms. The zero-order valence-corrected chi connectivity index (χ0v) is 20.9. The summed E-state index contributed by atoms with van der Waals surface area (Å²) in [6.07, 6.45) is 2.93. The summed E-state index contributed by atoms with van der Waals surface area (Å²) in [5, 5.41) is 6.33. The summed E-state index contributed by atoms with van der Waals surface area (Å²) in [4.78, 5) is 30.2. The van der Waals surface area contributed by atoms with Crippen LogP contribution in [0.25, 0.3) is 0 Å². The van der Waals surface area contributed by atoms with Crippen LogP contribution in [0.3, 0.4) is 0 Å². The van der Waals surface area contributed by atoms with Gasteiger partial charge in [0.2, 0.25) is 5.91 Å². The van der Waals surface area contributed by atoms with E-state index in [1.807, 2.05) is 61.1 Å². The topological polar surface area (TPSA) is 79.6 Å². The Morgan fingerprint density at radius 2 is 1.91 bits per heavy atom. The van der Waals surface area contributed by atoms with Crippen molar-refractivity contribution in [3.05, 3.63) is 53.9 Å². The lowest BCUT2D eigenvalue weighted by atomic mass is 10.0. The molecule has 3 heterocycles. The molecule has 1 fully saturated rings. The van der Waals surface area contributed by atoms with Crippen molar-refractivity contribution in [2.45, 2.75) is 25.8 Å². The quantitative estimate of drug-likeness (QED) is 0.549. The van der Waals surface area contributed by atoms with Crippen LogP contribution in [0, 0.1) is 0 Å². The van der Waals surface area contributed by atoms with Gasteiger partial charge in [0.1, 0.15) is 12.3 Å². The average molecular weight is 482 g/mol. The second-order valence-electron chi connectivity index (χ2n) is 8.91. The maximum Gasteiger partial charge on any atom is 0.262 e. The number of ether oxygens (including phenoxy) is 2. The van der Waals surface area contributed by atoms with Gasteiger partial charge in [-0.1, -0.05) is 19.1 Å². The van der Waals surface area contributed by atoms with E-state index in [9.17, 15) is 9.59 Å². The second-order valence-corrected chi connectivity index (χ2v) is 8.91. The van der Waals surface area contributed by atoms with Crippen LogP contribution < -0.4 is 4.74 Å². The molecule has 1 aromatic heterocycles. The number of hydrogen-bond acceptors (Lipinski definition) is 6. The second kappa shape index (κ2) is 11.5. The molecule has 9 nitrogen and oxygen atoms in total. The monoisotopic (exact) mass is 481 g/mol. The number of aromatic nitrogens is 1. The molecule has 4 rings (SSSR count). The van der Waals surface area contributed by atoms with Crippen molar-refractivity contribution < 1.29 is 19.1 Å². The van der Waals surface area contributed by atoms with Crippen molar-refractivity contribution in [3.8, 4) is 5.75 Å². The van der Waals surface area contributed by atoms with E-state index >= 15 is 0 Å².